The molecule has 1 unspecified atom stereocenters. The number of cyclic esters (lactones) is 2. The van der Waals surface area contributed by atoms with Gasteiger partial charge >= 0.3 is 11.9 Å². The fourth-order valence-electron chi connectivity index (χ4n) is 1.32. The molecule has 1 aliphatic heterocycles. The number of hydrogen-bond acceptors (Lipinski definition) is 4. The highest BCUT2D eigenvalue weighted by molar-refractivity contribution is 5.91. The van der Waals surface area contributed by atoms with Crippen molar-refractivity contribution >= 4 is 11.9 Å². The Hall–Kier alpha value is -1.06. The lowest BCUT2D eigenvalue weighted by Gasteiger charge is -2.09. The maximum Gasteiger partial charge on any atom is 0.317 e. The van der Waals surface area contributed by atoms with Crippen molar-refractivity contribution in [1.82, 2.24) is 0 Å². The zero-order valence-corrected chi connectivity index (χ0v) is 8.45. The van der Waals surface area contributed by atoms with Crippen LogP contribution in [0.5, 0.6) is 0 Å². The summed E-state index contributed by atoms with van der Waals surface area (Å²) in [6, 6.07) is 0. The smallest absolute Gasteiger partial charge is 0.317 e. The number of carbonyl (C=O) groups excluding carboxylic acids is 2. The first kappa shape index (κ1) is 11.0. The van der Waals surface area contributed by atoms with E-state index in [1.807, 2.05) is 6.92 Å². The second-order valence-corrected chi connectivity index (χ2v) is 3.68. The molecule has 4 heteroatoms. The SMILES string of the molecule is CC1CCCCOC(=O)CC(=O)OC1. The third-order valence-electron chi connectivity index (χ3n) is 2.17. The Bertz CT molecular complexity index is 212. The van der Waals surface area contributed by atoms with Crippen molar-refractivity contribution in [3.05, 3.63) is 0 Å². The molecule has 1 fully saturated rings. The minimum atomic E-state index is -0.483. The number of hydrogen-bond donors (Lipinski definition) is 0. The van der Waals surface area contributed by atoms with Crippen LogP contribution in [-0.4, -0.2) is 25.2 Å². The third kappa shape index (κ3) is 4.25. The molecule has 0 aliphatic carbocycles. The van der Waals surface area contributed by atoms with Crippen molar-refractivity contribution in [3.8, 4) is 0 Å². The van der Waals surface area contributed by atoms with Crippen LogP contribution in [0.1, 0.15) is 32.6 Å². The van der Waals surface area contributed by atoms with E-state index in [4.69, 9.17) is 9.47 Å². The zero-order chi connectivity index (χ0) is 10.4. The summed E-state index contributed by atoms with van der Waals surface area (Å²) in [5, 5.41) is 0. The lowest BCUT2D eigenvalue weighted by Crippen LogP contribution is -2.16. The Morgan fingerprint density at radius 2 is 1.86 bits per heavy atom. The van der Waals surface area contributed by atoms with Crippen molar-refractivity contribution in [2.24, 2.45) is 5.92 Å². The van der Waals surface area contributed by atoms with Gasteiger partial charge in [0, 0.05) is 0 Å². The molecule has 1 saturated heterocycles. The van der Waals surface area contributed by atoms with Crippen LogP contribution in [-0.2, 0) is 19.1 Å². The summed E-state index contributed by atoms with van der Waals surface area (Å²) >= 11 is 0. The van der Waals surface area contributed by atoms with Crippen molar-refractivity contribution in [2.75, 3.05) is 13.2 Å². The molecule has 1 atom stereocenters. The average Bonchev–Trinajstić information content (AvgIpc) is 2.15. The predicted molar refractivity (Wildman–Crippen MR) is 49.6 cm³/mol. The number of esters is 2. The number of ether oxygens (including phenoxy) is 2. The Balaban J connectivity index is 2.42. The van der Waals surface area contributed by atoms with E-state index in [9.17, 15) is 9.59 Å². The Morgan fingerprint density at radius 1 is 1.14 bits per heavy atom. The van der Waals surface area contributed by atoms with Crippen molar-refractivity contribution < 1.29 is 19.1 Å². The van der Waals surface area contributed by atoms with E-state index in [0.29, 0.717) is 19.1 Å². The Labute approximate surface area is 83.6 Å². The number of carbonyl (C=O) groups is 2. The molecule has 0 aromatic heterocycles. The standard InChI is InChI=1S/C10H16O4/c1-8-4-2-3-5-13-9(11)6-10(12)14-7-8/h8H,2-7H2,1H3. The summed E-state index contributed by atoms with van der Waals surface area (Å²) in [6.07, 6.45) is 2.62. The molecule has 80 valence electrons. The first-order valence-corrected chi connectivity index (χ1v) is 4.99. The molecule has 14 heavy (non-hydrogen) atoms. The van der Waals surface area contributed by atoms with Crippen molar-refractivity contribution in [1.29, 1.82) is 0 Å². The molecular formula is C10H16O4. The highest BCUT2D eigenvalue weighted by Crippen LogP contribution is 2.10. The lowest BCUT2D eigenvalue weighted by atomic mass is 10.1. The van der Waals surface area contributed by atoms with Gasteiger partial charge in [-0.3, -0.25) is 9.59 Å². The van der Waals surface area contributed by atoms with E-state index in [1.54, 1.807) is 0 Å². The fraction of sp³-hybridized carbons (Fsp3) is 0.800. The van der Waals surface area contributed by atoms with Gasteiger partial charge < -0.3 is 9.47 Å². The monoisotopic (exact) mass is 200 g/mol. The first-order chi connectivity index (χ1) is 6.68. The van der Waals surface area contributed by atoms with Crippen LogP contribution in [0.2, 0.25) is 0 Å². The summed E-state index contributed by atoms with van der Waals surface area (Å²) < 4.78 is 9.76. The highest BCUT2D eigenvalue weighted by atomic mass is 16.6. The van der Waals surface area contributed by atoms with E-state index in [2.05, 4.69) is 0 Å². The summed E-state index contributed by atoms with van der Waals surface area (Å²) in [7, 11) is 0. The number of rotatable bonds is 0. The molecule has 0 saturated carbocycles. The average molecular weight is 200 g/mol. The maximum absolute atomic E-state index is 11.0. The largest absolute Gasteiger partial charge is 0.465 e. The summed E-state index contributed by atoms with van der Waals surface area (Å²) in [6.45, 7) is 2.86. The van der Waals surface area contributed by atoms with Crippen LogP contribution in [0.25, 0.3) is 0 Å². The summed E-state index contributed by atoms with van der Waals surface area (Å²) in [5.74, 6) is -0.597. The van der Waals surface area contributed by atoms with Crippen molar-refractivity contribution in [2.45, 2.75) is 32.6 Å². The quantitative estimate of drug-likeness (QED) is 0.436. The third-order valence-corrected chi connectivity index (χ3v) is 2.17. The topological polar surface area (TPSA) is 52.6 Å². The molecule has 0 amide bonds. The normalized spacial score (nSPS) is 25.9. The molecule has 1 heterocycles. The van der Waals surface area contributed by atoms with E-state index in [-0.39, 0.29) is 6.42 Å². The van der Waals surface area contributed by atoms with Gasteiger partial charge in [-0.1, -0.05) is 6.92 Å². The van der Waals surface area contributed by atoms with Gasteiger partial charge in [-0.2, -0.15) is 0 Å². The van der Waals surface area contributed by atoms with Gasteiger partial charge in [0.2, 0.25) is 0 Å². The maximum atomic E-state index is 11.0. The summed E-state index contributed by atoms with van der Waals surface area (Å²) in [4.78, 5) is 22.0. The predicted octanol–water partition coefficient (Wildman–Crippen LogP) is 1.28. The minimum Gasteiger partial charge on any atom is -0.465 e. The lowest BCUT2D eigenvalue weighted by molar-refractivity contribution is -0.154. The van der Waals surface area contributed by atoms with Crippen LogP contribution < -0.4 is 0 Å². The molecular weight excluding hydrogens is 184 g/mol. The van der Waals surface area contributed by atoms with Crippen molar-refractivity contribution in [3.63, 3.8) is 0 Å². The molecule has 0 radical (unpaired) electrons. The van der Waals surface area contributed by atoms with Gasteiger partial charge in [-0.25, -0.2) is 0 Å². The van der Waals surface area contributed by atoms with E-state index in [1.165, 1.54) is 0 Å². The van der Waals surface area contributed by atoms with Gasteiger partial charge in [0.25, 0.3) is 0 Å². The van der Waals surface area contributed by atoms with E-state index >= 15 is 0 Å². The first-order valence-electron chi connectivity index (χ1n) is 4.99. The van der Waals surface area contributed by atoms with Gasteiger partial charge in [0.15, 0.2) is 0 Å². The van der Waals surface area contributed by atoms with E-state index < -0.39 is 11.9 Å². The van der Waals surface area contributed by atoms with Gasteiger partial charge in [0.1, 0.15) is 6.42 Å². The zero-order valence-electron chi connectivity index (χ0n) is 8.45. The van der Waals surface area contributed by atoms with Crippen LogP contribution in [0.3, 0.4) is 0 Å². The molecule has 0 N–H and O–H groups in total. The molecule has 0 spiro atoms. The van der Waals surface area contributed by atoms with Crippen LogP contribution in [0, 0.1) is 5.92 Å². The second kappa shape index (κ2) is 5.62. The molecule has 0 aromatic rings. The second-order valence-electron chi connectivity index (χ2n) is 3.68. The highest BCUT2D eigenvalue weighted by Gasteiger charge is 2.14. The summed E-state index contributed by atoms with van der Waals surface area (Å²) in [5.41, 5.74) is 0. The van der Waals surface area contributed by atoms with E-state index in [0.717, 1.165) is 19.3 Å². The molecule has 1 aliphatic rings. The van der Waals surface area contributed by atoms with Gasteiger partial charge in [-0.05, 0) is 25.2 Å². The van der Waals surface area contributed by atoms with Crippen LogP contribution >= 0.6 is 0 Å². The molecule has 0 bridgehead atoms. The molecule has 4 nitrogen and oxygen atoms in total. The molecule has 1 rings (SSSR count). The van der Waals surface area contributed by atoms with Crippen LogP contribution in [0.4, 0.5) is 0 Å². The fourth-order valence-corrected chi connectivity index (χ4v) is 1.32. The van der Waals surface area contributed by atoms with Gasteiger partial charge in [0.05, 0.1) is 13.2 Å². The Morgan fingerprint density at radius 3 is 2.64 bits per heavy atom. The molecule has 0 aromatic carbocycles. The minimum absolute atomic E-state index is 0.257. The Kier molecular flexibility index (Phi) is 4.43. The van der Waals surface area contributed by atoms with Gasteiger partial charge in [-0.15, -0.1) is 0 Å². The van der Waals surface area contributed by atoms with Crippen LogP contribution in [0.15, 0.2) is 0 Å².